The summed E-state index contributed by atoms with van der Waals surface area (Å²) >= 11 is 0. The van der Waals surface area contributed by atoms with Gasteiger partial charge in [0, 0.05) is 17.9 Å². The van der Waals surface area contributed by atoms with Crippen LogP contribution in [0.4, 0.5) is 0 Å². The van der Waals surface area contributed by atoms with Gasteiger partial charge in [-0.3, -0.25) is 0 Å². The van der Waals surface area contributed by atoms with Crippen molar-refractivity contribution in [3.05, 3.63) is 10.4 Å². The number of hydrogen-bond acceptors (Lipinski definition) is 2. The SMILES string of the molecule is CCCCC#C[C@@]1(O)CCC[C@@H]1CCCN=[N+]=[N-]. The van der Waals surface area contributed by atoms with E-state index in [-0.39, 0.29) is 5.92 Å². The van der Waals surface area contributed by atoms with Crippen LogP contribution in [0.5, 0.6) is 0 Å². The minimum absolute atomic E-state index is 0.250. The van der Waals surface area contributed by atoms with Gasteiger partial charge in [-0.25, -0.2) is 0 Å². The van der Waals surface area contributed by atoms with E-state index < -0.39 is 5.60 Å². The number of rotatable bonds is 6. The molecule has 0 saturated heterocycles. The van der Waals surface area contributed by atoms with E-state index in [4.69, 9.17) is 5.53 Å². The van der Waals surface area contributed by atoms with E-state index in [1.807, 2.05) is 0 Å². The molecule has 0 aromatic heterocycles. The van der Waals surface area contributed by atoms with Gasteiger partial charge in [0.05, 0.1) is 0 Å². The van der Waals surface area contributed by atoms with Crippen LogP contribution in [0.2, 0.25) is 0 Å². The number of aliphatic hydroxyl groups is 1. The zero-order valence-electron chi connectivity index (χ0n) is 11.2. The van der Waals surface area contributed by atoms with Crippen molar-refractivity contribution in [3.63, 3.8) is 0 Å². The molecule has 1 aliphatic rings. The Kier molecular flexibility index (Phi) is 6.64. The Labute approximate surface area is 109 Å². The Morgan fingerprint density at radius 3 is 3.06 bits per heavy atom. The summed E-state index contributed by atoms with van der Waals surface area (Å²) in [5.41, 5.74) is 7.43. The predicted octanol–water partition coefficient (Wildman–Crippen LogP) is 3.80. The molecule has 1 fully saturated rings. The van der Waals surface area contributed by atoms with Crippen LogP contribution >= 0.6 is 0 Å². The lowest BCUT2D eigenvalue weighted by atomic mass is 9.87. The Morgan fingerprint density at radius 2 is 2.33 bits per heavy atom. The highest BCUT2D eigenvalue weighted by Gasteiger charge is 2.38. The third-order valence-electron chi connectivity index (χ3n) is 3.62. The number of nitrogens with zero attached hydrogens (tertiary/aromatic N) is 3. The topological polar surface area (TPSA) is 69.0 Å². The smallest absolute Gasteiger partial charge is 0.128 e. The molecule has 0 heterocycles. The van der Waals surface area contributed by atoms with Crippen molar-refractivity contribution in [2.45, 2.75) is 63.9 Å². The fraction of sp³-hybridized carbons (Fsp3) is 0.857. The summed E-state index contributed by atoms with van der Waals surface area (Å²) in [4.78, 5) is 2.74. The normalized spacial score (nSPS) is 26.2. The molecule has 1 saturated carbocycles. The first-order chi connectivity index (χ1) is 8.73. The van der Waals surface area contributed by atoms with Gasteiger partial charge >= 0.3 is 0 Å². The maximum atomic E-state index is 10.5. The maximum absolute atomic E-state index is 10.5. The van der Waals surface area contributed by atoms with E-state index in [1.165, 1.54) is 0 Å². The van der Waals surface area contributed by atoms with E-state index in [0.29, 0.717) is 6.54 Å². The van der Waals surface area contributed by atoms with Crippen LogP contribution in [-0.4, -0.2) is 17.3 Å². The third kappa shape index (κ3) is 4.60. The summed E-state index contributed by atoms with van der Waals surface area (Å²) in [6.45, 7) is 2.66. The minimum Gasteiger partial charge on any atom is -0.377 e. The standard InChI is InChI=1S/C14H23N3O/c1-2-3-4-5-10-14(18)11-6-8-13(14)9-7-12-16-17-15/h13,18H,2-4,6-9,11-12H2,1H3/t13-,14-/m1/s1. The number of azide groups is 1. The van der Waals surface area contributed by atoms with Gasteiger partial charge in [0.15, 0.2) is 0 Å². The van der Waals surface area contributed by atoms with E-state index in [2.05, 4.69) is 28.8 Å². The second kappa shape index (κ2) is 8.02. The molecule has 4 heteroatoms. The fourth-order valence-electron chi connectivity index (χ4n) is 2.54. The van der Waals surface area contributed by atoms with Gasteiger partial charge in [0.2, 0.25) is 0 Å². The van der Waals surface area contributed by atoms with Crippen molar-refractivity contribution < 1.29 is 5.11 Å². The first-order valence-electron chi connectivity index (χ1n) is 6.96. The summed E-state index contributed by atoms with van der Waals surface area (Å²) in [5.74, 6) is 6.45. The van der Waals surface area contributed by atoms with Crippen molar-refractivity contribution in [3.8, 4) is 11.8 Å². The van der Waals surface area contributed by atoms with Crippen molar-refractivity contribution in [1.82, 2.24) is 0 Å². The van der Waals surface area contributed by atoms with Gasteiger partial charge in [-0.05, 0) is 50.0 Å². The molecule has 2 atom stereocenters. The maximum Gasteiger partial charge on any atom is 0.128 e. The Hall–Kier alpha value is -1.17. The summed E-state index contributed by atoms with van der Waals surface area (Å²) in [6, 6.07) is 0. The first-order valence-corrected chi connectivity index (χ1v) is 6.96. The summed E-state index contributed by atoms with van der Waals surface area (Å²) in [7, 11) is 0. The van der Waals surface area contributed by atoms with Gasteiger partial charge in [-0.2, -0.15) is 0 Å². The van der Waals surface area contributed by atoms with E-state index in [9.17, 15) is 5.11 Å². The molecule has 0 radical (unpaired) electrons. The van der Waals surface area contributed by atoms with E-state index >= 15 is 0 Å². The van der Waals surface area contributed by atoms with Crippen molar-refractivity contribution in [2.75, 3.05) is 6.54 Å². The average Bonchev–Trinajstić information content (AvgIpc) is 2.73. The quantitative estimate of drug-likeness (QED) is 0.251. The zero-order valence-corrected chi connectivity index (χ0v) is 11.2. The van der Waals surface area contributed by atoms with Crippen LogP contribution in [0.15, 0.2) is 5.11 Å². The molecule has 1 rings (SSSR count). The first kappa shape index (κ1) is 14.9. The average molecular weight is 249 g/mol. The molecule has 0 aromatic carbocycles. The lowest BCUT2D eigenvalue weighted by molar-refractivity contribution is 0.0565. The summed E-state index contributed by atoms with van der Waals surface area (Å²) in [6.07, 6.45) is 7.74. The second-order valence-electron chi connectivity index (χ2n) is 5.02. The molecule has 100 valence electrons. The third-order valence-corrected chi connectivity index (χ3v) is 3.62. The van der Waals surface area contributed by atoms with Crippen molar-refractivity contribution in [2.24, 2.45) is 11.0 Å². The van der Waals surface area contributed by atoms with Gasteiger partial charge in [-0.15, -0.1) is 5.92 Å². The van der Waals surface area contributed by atoms with Gasteiger partial charge < -0.3 is 5.11 Å². The zero-order chi connectivity index (χ0) is 13.3. The lowest BCUT2D eigenvalue weighted by Crippen LogP contribution is -2.31. The molecular weight excluding hydrogens is 226 g/mol. The highest BCUT2D eigenvalue weighted by Crippen LogP contribution is 2.38. The molecule has 0 aromatic rings. The minimum atomic E-state index is -0.788. The molecule has 18 heavy (non-hydrogen) atoms. The van der Waals surface area contributed by atoms with Crippen LogP contribution in [0.1, 0.15) is 58.3 Å². The summed E-state index contributed by atoms with van der Waals surface area (Å²) < 4.78 is 0. The lowest BCUT2D eigenvalue weighted by Gasteiger charge is -2.24. The highest BCUT2D eigenvalue weighted by atomic mass is 16.3. The fourth-order valence-corrected chi connectivity index (χ4v) is 2.54. The molecule has 0 amide bonds. The van der Waals surface area contributed by atoms with Crippen LogP contribution in [-0.2, 0) is 0 Å². The molecule has 4 nitrogen and oxygen atoms in total. The Bertz CT molecular complexity index is 352. The monoisotopic (exact) mass is 249 g/mol. The predicted molar refractivity (Wildman–Crippen MR) is 72.8 cm³/mol. The number of hydrogen-bond donors (Lipinski definition) is 1. The van der Waals surface area contributed by atoms with Crippen molar-refractivity contribution in [1.29, 1.82) is 0 Å². The van der Waals surface area contributed by atoms with Crippen LogP contribution in [0.25, 0.3) is 10.4 Å². The van der Waals surface area contributed by atoms with E-state index in [1.54, 1.807) is 0 Å². The molecule has 0 bridgehead atoms. The molecule has 1 aliphatic carbocycles. The molecule has 0 spiro atoms. The Morgan fingerprint density at radius 1 is 1.50 bits per heavy atom. The van der Waals surface area contributed by atoms with Crippen LogP contribution < -0.4 is 0 Å². The van der Waals surface area contributed by atoms with Gasteiger partial charge in [0.1, 0.15) is 5.60 Å². The van der Waals surface area contributed by atoms with Gasteiger partial charge in [-0.1, -0.05) is 24.4 Å². The van der Waals surface area contributed by atoms with Crippen molar-refractivity contribution >= 4 is 0 Å². The molecule has 0 aliphatic heterocycles. The highest BCUT2D eigenvalue weighted by molar-refractivity contribution is 5.18. The largest absolute Gasteiger partial charge is 0.377 e. The second-order valence-corrected chi connectivity index (χ2v) is 5.02. The summed E-state index contributed by atoms with van der Waals surface area (Å²) in [5, 5.41) is 14.1. The molecule has 0 unspecified atom stereocenters. The van der Waals surface area contributed by atoms with E-state index in [0.717, 1.165) is 51.4 Å². The number of unbranched alkanes of at least 4 members (excludes halogenated alkanes) is 2. The Balaban J connectivity index is 2.44. The van der Waals surface area contributed by atoms with Crippen LogP contribution in [0, 0.1) is 17.8 Å². The van der Waals surface area contributed by atoms with Gasteiger partial charge in [0.25, 0.3) is 0 Å². The molecule has 1 N–H and O–H groups in total. The van der Waals surface area contributed by atoms with Crippen LogP contribution in [0.3, 0.4) is 0 Å². The molecular formula is C14H23N3O.